The fourth-order valence-electron chi connectivity index (χ4n) is 1.52. The number of carbonyl (C=O) groups excluding carboxylic acids is 1. The van der Waals surface area contributed by atoms with Gasteiger partial charge in [0.05, 0.1) is 12.6 Å². The minimum atomic E-state index is -0.510. The Labute approximate surface area is 107 Å². The fraction of sp³-hybridized carbons (Fsp3) is 0.727. The Bertz CT molecular complexity index is 377. The number of hydrogen-bond acceptors (Lipinski definition) is 4. The second kappa shape index (κ2) is 6.95. The SMILES string of the molecule is CC(C)CC(O)CNC(=O)NCc1ncn(C)n1. The molecule has 0 radical (unpaired) electrons. The Morgan fingerprint density at radius 2 is 2.22 bits per heavy atom. The second-order valence-corrected chi connectivity index (χ2v) is 4.68. The van der Waals surface area contributed by atoms with Gasteiger partial charge in [0.25, 0.3) is 0 Å². The first-order valence-corrected chi connectivity index (χ1v) is 6.01. The molecule has 0 fully saturated rings. The van der Waals surface area contributed by atoms with Crippen LogP contribution in [0.25, 0.3) is 0 Å². The van der Waals surface area contributed by atoms with E-state index in [1.54, 1.807) is 18.1 Å². The number of aliphatic hydroxyl groups excluding tert-OH is 1. The highest BCUT2D eigenvalue weighted by Gasteiger charge is 2.09. The number of aliphatic hydroxyl groups is 1. The maximum Gasteiger partial charge on any atom is 0.315 e. The number of carbonyl (C=O) groups is 1. The number of aromatic nitrogens is 3. The molecule has 0 bridgehead atoms. The normalized spacial score (nSPS) is 12.5. The van der Waals surface area contributed by atoms with E-state index in [0.29, 0.717) is 18.2 Å². The summed E-state index contributed by atoms with van der Waals surface area (Å²) >= 11 is 0. The maximum absolute atomic E-state index is 11.4. The van der Waals surface area contributed by atoms with Crippen molar-refractivity contribution < 1.29 is 9.90 Å². The van der Waals surface area contributed by atoms with Crippen molar-refractivity contribution in [2.75, 3.05) is 6.54 Å². The number of amides is 2. The van der Waals surface area contributed by atoms with Gasteiger partial charge in [0, 0.05) is 13.6 Å². The number of aryl methyl sites for hydroxylation is 1. The van der Waals surface area contributed by atoms with Crippen molar-refractivity contribution >= 4 is 6.03 Å². The van der Waals surface area contributed by atoms with Crippen LogP contribution in [0.1, 0.15) is 26.1 Å². The second-order valence-electron chi connectivity index (χ2n) is 4.68. The summed E-state index contributed by atoms with van der Waals surface area (Å²) in [6.07, 6.45) is 1.73. The van der Waals surface area contributed by atoms with E-state index >= 15 is 0 Å². The summed E-state index contributed by atoms with van der Waals surface area (Å²) in [6, 6.07) is -0.328. The fourth-order valence-corrected chi connectivity index (χ4v) is 1.52. The van der Waals surface area contributed by atoms with Gasteiger partial charge in [-0.1, -0.05) is 13.8 Å². The molecule has 0 saturated heterocycles. The van der Waals surface area contributed by atoms with E-state index in [-0.39, 0.29) is 19.1 Å². The van der Waals surface area contributed by atoms with Crippen LogP contribution in [0.3, 0.4) is 0 Å². The summed E-state index contributed by atoms with van der Waals surface area (Å²) in [5.41, 5.74) is 0. The zero-order valence-corrected chi connectivity index (χ0v) is 11.1. The molecule has 7 nitrogen and oxygen atoms in total. The molecule has 0 aliphatic heterocycles. The molecule has 7 heteroatoms. The van der Waals surface area contributed by atoms with Crippen LogP contribution in [0.2, 0.25) is 0 Å². The number of hydrogen-bond donors (Lipinski definition) is 3. The summed E-state index contributed by atoms with van der Waals surface area (Å²) in [5.74, 6) is 0.956. The molecule has 1 unspecified atom stereocenters. The number of urea groups is 1. The average molecular weight is 255 g/mol. The average Bonchev–Trinajstić information content (AvgIpc) is 2.69. The molecule has 1 heterocycles. The van der Waals surface area contributed by atoms with E-state index in [4.69, 9.17) is 0 Å². The quantitative estimate of drug-likeness (QED) is 0.668. The van der Waals surface area contributed by atoms with Crippen molar-refractivity contribution in [1.29, 1.82) is 0 Å². The molecule has 0 aliphatic carbocycles. The summed E-state index contributed by atoms with van der Waals surface area (Å²) in [6.45, 7) is 4.57. The van der Waals surface area contributed by atoms with Gasteiger partial charge in [0.1, 0.15) is 6.33 Å². The van der Waals surface area contributed by atoms with Crippen molar-refractivity contribution in [3.05, 3.63) is 12.2 Å². The molecule has 1 aromatic heterocycles. The van der Waals surface area contributed by atoms with E-state index < -0.39 is 6.10 Å². The number of rotatable bonds is 6. The smallest absolute Gasteiger partial charge is 0.315 e. The van der Waals surface area contributed by atoms with Crippen molar-refractivity contribution in [3.63, 3.8) is 0 Å². The molecule has 102 valence electrons. The lowest BCUT2D eigenvalue weighted by molar-refractivity contribution is 0.147. The molecule has 0 spiro atoms. The van der Waals surface area contributed by atoms with Gasteiger partial charge in [0.15, 0.2) is 5.82 Å². The lowest BCUT2D eigenvalue weighted by Crippen LogP contribution is -2.39. The summed E-state index contributed by atoms with van der Waals surface area (Å²) in [4.78, 5) is 15.4. The Morgan fingerprint density at radius 3 is 2.78 bits per heavy atom. The first kappa shape index (κ1) is 14.4. The minimum absolute atomic E-state index is 0.250. The van der Waals surface area contributed by atoms with Gasteiger partial charge in [-0.25, -0.2) is 9.78 Å². The van der Waals surface area contributed by atoms with Crippen LogP contribution < -0.4 is 10.6 Å². The number of nitrogens with one attached hydrogen (secondary N) is 2. The van der Waals surface area contributed by atoms with Crippen molar-refractivity contribution in [2.45, 2.75) is 32.9 Å². The predicted octanol–water partition coefficient (Wildman–Crippen LogP) is 0.0213. The van der Waals surface area contributed by atoms with Gasteiger partial charge < -0.3 is 15.7 Å². The third kappa shape index (κ3) is 5.62. The highest BCUT2D eigenvalue weighted by Crippen LogP contribution is 2.02. The van der Waals surface area contributed by atoms with Crippen LogP contribution in [-0.4, -0.2) is 38.6 Å². The molecule has 2 amide bonds. The van der Waals surface area contributed by atoms with E-state index in [9.17, 15) is 9.90 Å². The molecule has 3 N–H and O–H groups in total. The molecule has 0 saturated carbocycles. The molecular weight excluding hydrogens is 234 g/mol. The Morgan fingerprint density at radius 1 is 1.50 bits per heavy atom. The highest BCUT2D eigenvalue weighted by atomic mass is 16.3. The lowest BCUT2D eigenvalue weighted by atomic mass is 10.1. The van der Waals surface area contributed by atoms with Gasteiger partial charge >= 0.3 is 6.03 Å². The van der Waals surface area contributed by atoms with E-state index in [2.05, 4.69) is 20.7 Å². The molecule has 0 aliphatic rings. The topological polar surface area (TPSA) is 92.1 Å². The zero-order chi connectivity index (χ0) is 13.5. The Hall–Kier alpha value is -1.63. The predicted molar refractivity (Wildman–Crippen MR) is 66.7 cm³/mol. The van der Waals surface area contributed by atoms with E-state index in [1.165, 1.54) is 0 Å². The van der Waals surface area contributed by atoms with E-state index in [1.807, 2.05) is 13.8 Å². The third-order valence-corrected chi connectivity index (χ3v) is 2.30. The van der Waals surface area contributed by atoms with Gasteiger partial charge in [-0.05, 0) is 12.3 Å². The maximum atomic E-state index is 11.4. The van der Waals surface area contributed by atoms with Crippen molar-refractivity contribution in [1.82, 2.24) is 25.4 Å². The largest absolute Gasteiger partial charge is 0.391 e. The van der Waals surface area contributed by atoms with Crippen LogP contribution in [0.4, 0.5) is 4.79 Å². The van der Waals surface area contributed by atoms with Crippen LogP contribution in [0.5, 0.6) is 0 Å². The van der Waals surface area contributed by atoms with Crippen molar-refractivity contribution in [3.8, 4) is 0 Å². The van der Waals surface area contributed by atoms with E-state index in [0.717, 1.165) is 0 Å². The molecule has 1 atom stereocenters. The summed E-state index contributed by atoms with van der Waals surface area (Å²) < 4.78 is 1.57. The van der Waals surface area contributed by atoms with Gasteiger partial charge in [-0.3, -0.25) is 4.68 Å². The van der Waals surface area contributed by atoms with Gasteiger partial charge in [0.2, 0.25) is 0 Å². The molecule has 0 aromatic carbocycles. The van der Waals surface area contributed by atoms with Crippen LogP contribution in [-0.2, 0) is 13.6 Å². The highest BCUT2D eigenvalue weighted by molar-refractivity contribution is 5.73. The molecule has 1 rings (SSSR count). The van der Waals surface area contributed by atoms with Crippen LogP contribution in [0.15, 0.2) is 6.33 Å². The van der Waals surface area contributed by atoms with Crippen LogP contribution >= 0.6 is 0 Å². The Kier molecular flexibility index (Phi) is 5.57. The first-order chi connectivity index (χ1) is 8.47. The number of nitrogens with zero attached hydrogens (tertiary/aromatic N) is 3. The monoisotopic (exact) mass is 255 g/mol. The lowest BCUT2D eigenvalue weighted by Gasteiger charge is -2.13. The van der Waals surface area contributed by atoms with Crippen LogP contribution in [0, 0.1) is 5.92 Å². The standard InChI is InChI=1S/C11H21N5O2/c1-8(2)4-9(17)5-12-11(18)13-6-10-14-7-16(3)15-10/h7-9,17H,4-6H2,1-3H3,(H2,12,13,18). The molecule has 18 heavy (non-hydrogen) atoms. The zero-order valence-electron chi connectivity index (χ0n) is 11.1. The first-order valence-electron chi connectivity index (χ1n) is 6.01. The summed E-state index contributed by atoms with van der Waals surface area (Å²) in [5, 5.41) is 18.8. The van der Waals surface area contributed by atoms with Gasteiger partial charge in [-0.2, -0.15) is 5.10 Å². The minimum Gasteiger partial charge on any atom is -0.391 e. The molecule has 1 aromatic rings. The third-order valence-electron chi connectivity index (χ3n) is 2.30. The molecular formula is C11H21N5O2. The van der Waals surface area contributed by atoms with Gasteiger partial charge in [-0.15, -0.1) is 0 Å². The summed E-state index contributed by atoms with van der Waals surface area (Å²) in [7, 11) is 1.76. The van der Waals surface area contributed by atoms with Crippen molar-refractivity contribution in [2.24, 2.45) is 13.0 Å². The Balaban J connectivity index is 2.18.